The summed E-state index contributed by atoms with van der Waals surface area (Å²) in [4.78, 5) is 2.02. The molecule has 0 aromatic heterocycles. The number of aryl methyl sites for hydroxylation is 1. The SMILES string of the molecule is Cc1cc(C=N)c(N)cc1C1CCN(C)CC1F. The number of anilines is 1. The van der Waals surface area contributed by atoms with E-state index in [1.54, 1.807) is 0 Å². The highest BCUT2D eigenvalue weighted by molar-refractivity contribution is 5.85. The van der Waals surface area contributed by atoms with Crippen LogP contribution in [0.4, 0.5) is 10.1 Å². The Morgan fingerprint density at radius 1 is 1.50 bits per heavy atom. The molecule has 3 N–H and O–H groups in total. The van der Waals surface area contributed by atoms with Gasteiger partial charge in [-0.2, -0.15) is 0 Å². The van der Waals surface area contributed by atoms with E-state index in [0.29, 0.717) is 17.8 Å². The zero-order chi connectivity index (χ0) is 13.3. The van der Waals surface area contributed by atoms with Gasteiger partial charge in [0.2, 0.25) is 0 Å². The number of benzene rings is 1. The van der Waals surface area contributed by atoms with Crippen LogP contribution in [-0.4, -0.2) is 37.4 Å². The van der Waals surface area contributed by atoms with Gasteiger partial charge in [-0.25, -0.2) is 4.39 Å². The first-order valence-electron chi connectivity index (χ1n) is 6.26. The van der Waals surface area contributed by atoms with Crippen molar-refractivity contribution in [2.45, 2.75) is 25.4 Å². The number of rotatable bonds is 2. The molecular formula is C14H20FN3. The van der Waals surface area contributed by atoms with Gasteiger partial charge in [-0.15, -0.1) is 0 Å². The first-order valence-corrected chi connectivity index (χ1v) is 6.26. The van der Waals surface area contributed by atoms with Crippen molar-refractivity contribution in [2.24, 2.45) is 0 Å². The highest BCUT2D eigenvalue weighted by Gasteiger charge is 2.30. The van der Waals surface area contributed by atoms with Crippen LogP contribution in [0.2, 0.25) is 0 Å². The fourth-order valence-corrected chi connectivity index (χ4v) is 2.70. The molecule has 2 rings (SSSR count). The summed E-state index contributed by atoms with van der Waals surface area (Å²) in [6, 6.07) is 3.72. The number of piperidine rings is 1. The Morgan fingerprint density at radius 2 is 2.22 bits per heavy atom. The Bertz CT molecular complexity index is 459. The molecule has 1 fully saturated rings. The number of hydrogen-bond donors (Lipinski definition) is 2. The number of likely N-dealkylation sites (tertiary alicyclic amines) is 1. The molecule has 1 aromatic carbocycles. The Kier molecular flexibility index (Phi) is 3.66. The van der Waals surface area contributed by atoms with E-state index < -0.39 is 6.17 Å². The maximum Gasteiger partial charge on any atom is 0.120 e. The fourth-order valence-electron chi connectivity index (χ4n) is 2.70. The summed E-state index contributed by atoms with van der Waals surface area (Å²) in [5.41, 5.74) is 9.20. The second-order valence-corrected chi connectivity index (χ2v) is 5.16. The molecule has 0 amide bonds. The maximum absolute atomic E-state index is 14.2. The molecule has 1 aliphatic heterocycles. The first kappa shape index (κ1) is 13.0. The van der Waals surface area contributed by atoms with Crippen LogP contribution in [-0.2, 0) is 0 Å². The third kappa shape index (κ3) is 2.38. The minimum atomic E-state index is -0.840. The van der Waals surface area contributed by atoms with Gasteiger partial charge in [0, 0.05) is 29.9 Å². The van der Waals surface area contributed by atoms with Crippen LogP contribution >= 0.6 is 0 Å². The van der Waals surface area contributed by atoms with Crippen LogP contribution in [0.1, 0.15) is 29.0 Å². The van der Waals surface area contributed by atoms with Crippen molar-refractivity contribution < 1.29 is 4.39 Å². The van der Waals surface area contributed by atoms with E-state index in [9.17, 15) is 4.39 Å². The Hall–Kier alpha value is -1.42. The molecule has 0 bridgehead atoms. The van der Waals surface area contributed by atoms with Crippen molar-refractivity contribution >= 4 is 11.9 Å². The molecule has 4 heteroatoms. The third-order valence-corrected chi connectivity index (χ3v) is 3.77. The second kappa shape index (κ2) is 5.06. The lowest BCUT2D eigenvalue weighted by molar-refractivity contribution is 0.139. The zero-order valence-corrected chi connectivity index (χ0v) is 10.9. The highest BCUT2D eigenvalue weighted by Crippen LogP contribution is 2.33. The summed E-state index contributed by atoms with van der Waals surface area (Å²) in [6.07, 6.45) is 1.22. The molecule has 0 saturated carbocycles. The average molecular weight is 249 g/mol. The van der Waals surface area contributed by atoms with Crippen molar-refractivity contribution in [2.75, 3.05) is 25.9 Å². The van der Waals surface area contributed by atoms with Crippen molar-refractivity contribution in [1.29, 1.82) is 5.41 Å². The Labute approximate surface area is 107 Å². The summed E-state index contributed by atoms with van der Waals surface area (Å²) in [5.74, 6) is -0.0664. The molecular weight excluding hydrogens is 229 g/mol. The lowest BCUT2D eigenvalue weighted by Gasteiger charge is -2.33. The minimum Gasteiger partial charge on any atom is -0.398 e. The molecule has 0 radical (unpaired) electrons. The van der Waals surface area contributed by atoms with Crippen molar-refractivity contribution in [3.8, 4) is 0 Å². The van der Waals surface area contributed by atoms with Gasteiger partial charge < -0.3 is 16.0 Å². The molecule has 0 spiro atoms. The van der Waals surface area contributed by atoms with Gasteiger partial charge in [-0.3, -0.25) is 0 Å². The van der Waals surface area contributed by atoms with Crippen LogP contribution < -0.4 is 5.73 Å². The molecule has 1 heterocycles. The third-order valence-electron chi connectivity index (χ3n) is 3.77. The summed E-state index contributed by atoms with van der Waals surface area (Å²) in [7, 11) is 1.95. The van der Waals surface area contributed by atoms with E-state index in [2.05, 4.69) is 0 Å². The molecule has 0 aliphatic carbocycles. The molecule has 1 saturated heterocycles. The highest BCUT2D eigenvalue weighted by atomic mass is 19.1. The van der Waals surface area contributed by atoms with Crippen LogP contribution in [0.25, 0.3) is 0 Å². The first-order chi connectivity index (χ1) is 8.52. The predicted molar refractivity (Wildman–Crippen MR) is 73.2 cm³/mol. The van der Waals surface area contributed by atoms with E-state index in [0.717, 1.165) is 24.1 Å². The molecule has 1 aliphatic rings. The lowest BCUT2D eigenvalue weighted by atomic mass is 9.84. The van der Waals surface area contributed by atoms with Gasteiger partial charge >= 0.3 is 0 Å². The molecule has 3 nitrogen and oxygen atoms in total. The van der Waals surface area contributed by atoms with Gasteiger partial charge in [0.15, 0.2) is 0 Å². The van der Waals surface area contributed by atoms with Gasteiger partial charge in [0.25, 0.3) is 0 Å². The number of alkyl halides is 1. The predicted octanol–water partition coefficient (Wildman–Crippen LogP) is 2.33. The van der Waals surface area contributed by atoms with Crippen LogP contribution in [0.3, 0.4) is 0 Å². The number of halogens is 1. The van der Waals surface area contributed by atoms with E-state index in [1.807, 2.05) is 31.0 Å². The number of nitrogens with one attached hydrogen (secondary N) is 1. The largest absolute Gasteiger partial charge is 0.398 e. The molecule has 1 aromatic rings. The van der Waals surface area contributed by atoms with Crippen LogP contribution in [0.15, 0.2) is 12.1 Å². The number of nitrogens with two attached hydrogens (primary N) is 1. The second-order valence-electron chi connectivity index (χ2n) is 5.16. The monoisotopic (exact) mass is 249 g/mol. The molecule has 98 valence electrons. The number of hydrogen-bond acceptors (Lipinski definition) is 3. The molecule has 2 unspecified atom stereocenters. The quantitative estimate of drug-likeness (QED) is 0.624. The smallest absolute Gasteiger partial charge is 0.120 e. The summed E-state index contributed by atoms with van der Waals surface area (Å²) in [5, 5.41) is 7.28. The maximum atomic E-state index is 14.2. The van der Waals surface area contributed by atoms with Gasteiger partial charge in [0.05, 0.1) is 0 Å². The lowest BCUT2D eigenvalue weighted by Crippen LogP contribution is -2.38. The summed E-state index contributed by atoms with van der Waals surface area (Å²) in [6.45, 7) is 3.36. The average Bonchev–Trinajstić information content (AvgIpc) is 2.32. The van der Waals surface area contributed by atoms with Crippen LogP contribution in [0.5, 0.6) is 0 Å². The van der Waals surface area contributed by atoms with Crippen molar-refractivity contribution in [3.05, 3.63) is 28.8 Å². The minimum absolute atomic E-state index is 0.0664. The standard InChI is InChI=1S/C14H20FN3/c1-9-5-10(7-16)14(17)6-12(9)11-3-4-18(2)8-13(11)15/h5-7,11,13,16H,3-4,8,17H2,1-2H3. The molecule has 2 atom stereocenters. The van der Waals surface area contributed by atoms with Crippen molar-refractivity contribution in [3.63, 3.8) is 0 Å². The normalized spacial score (nSPS) is 25.1. The number of nitrogens with zero attached hydrogens (tertiary/aromatic N) is 1. The molecule has 18 heavy (non-hydrogen) atoms. The Morgan fingerprint density at radius 3 is 2.83 bits per heavy atom. The summed E-state index contributed by atoms with van der Waals surface area (Å²) >= 11 is 0. The number of nitrogen functional groups attached to an aromatic ring is 1. The van der Waals surface area contributed by atoms with E-state index in [1.165, 1.54) is 6.21 Å². The zero-order valence-electron chi connectivity index (χ0n) is 10.9. The summed E-state index contributed by atoms with van der Waals surface area (Å²) < 4.78 is 14.2. The fraction of sp³-hybridized carbons (Fsp3) is 0.500. The van der Waals surface area contributed by atoms with E-state index in [-0.39, 0.29) is 5.92 Å². The topological polar surface area (TPSA) is 53.1 Å². The van der Waals surface area contributed by atoms with Crippen LogP contribution in [0, 0.1) is 12.3 Å². The van der Waals surface area contributed by atoms with Gasteiger partial charge in [-0.05, 0) is 50.2 Å². The van der Waals surface area contributed by atoms with E-state index in [4.69, 9.17) is 11.1 Å². The Balaban J connectivity index is 2.33. The van der Waals surface area contributed by atoms with E-state index >= 15 is 0 Å². The van der Waals surface area contributed by atoms with Crippen molar-refractivity contribution in [1.82, 2.24) is 4.90 Å². The van der Waals surface area contributed by atoms with Gasteiger partial charge in [-0.1, -0.05) is 0 Å². The van der Waals surface area contributed by atoms with Gasteiger partial charge in [0.1, 0.15) is 6.17 Å².